The summed E-state index contributed by atoms with van der Waals surface area (Å²) in [5, 5.41) is 11.5. The predicted molar refractivity (Wildman–Crippen MR) is 74.0 cm³/mol. The van der Waals surface area contributed by atoms with E-state index in [-0.39, 0.29) is 24.2 Å². The van der Waals surface area contributed by atoms with Gasteiger partial charge in [0.05, 0.1) is 0 Å². The molecule has 0 saturated carbocycles. The number of likely N-dealkylation sites (tertiary alicyclic amines) is 1. The Labute approximate surface area is 119 Å². The van der Waals surface area contributed by atoms with Gasteiger partial charge < -0.3 is 15.3 Å². The first-order chi connectivity index (χ1) is 9.11. The molecule has 20 heavy (non-hydrogen) atoms. The van der Waals surface area contributed by atoms with Crippen LogP contribution in [0.1, 0.15) is 40.5 Å². The Morgan fingerprint density at radius 3 is 2.45 bits per heavy atom. The summed E-state index contributed by atoms with van der Waals surface area (Å²) in [6.45, 7) is 8.05. The highest BCUT2D eigenvalue weighted by atomic mass is 16.4. The fourth-order valence-electron chi connectivity index (χ4n) is 2.20. The average molecular weight is 284 g/mol. The number of rotatable bonds is 4. The number of amides is 2. The van der Waals surface area contributed by atoms with Crippen molar-refractivity contribution in [2.24, 2.45) is 11.3 Å². The van der Waals surface area contributed by atoms with Gasteiger partial charge in [0.2, 0.25) is 11.8 Å². The van der Waals surface area contributed by atoms with Crippen LogP contribution in [0.4, 0.5) is 0 Å². The zero-order valence-corrected chi connectivity index (χ0v) is 12.6. The van der Waals surface area contributed by atoms with E-state index in [1.165, 1.54) is 0 Å². The molecule has 0 aliphatic carbocycles. The highest BCUT2D eigenvalue weighted by Gasteiger charge is 2.32. The summed E-state index contributed by atoms with van der Waals surface area (Å²) in [5.41, 5.74) is -0.536. The lowest BCUT2D eigenvalue weighted by Gasteiger charge is -2.25. The molecule has 1 fully saturated rings. The molecule has 0 aromatic rings. The first kappa shape index (κ1) is 16.5. The van der Waals surface area contributed by atoms with Crippen LogP contribution in [0.15, 0.2) is 0 Å². The molecule has 1 saturated heterocycles. The maximum Gasteiger partial charge on any atom is 0.303 e. The SMILES string of the molecule is CC(NC(=O)C(C)(C)C)C(=O)N1CCC(CC(=O)O)C1. The largest absolute Gasteiger partial charge is 0.481 e. The Balaban J connectivity index is 2.50. The molecule has 0 bridgehead atoms. The molecular formula is C14H24N2O4. The number of hydrogen-bond acceptors (Lipinski definition) is 3. The van der Waals surface area contributed by atoms with Crippen LogP contribution in [0, 0.1) is 11.3 Å². The zero-order chi connectivity index (χ0) is 15.5. The molecule has 2 atom stereocenters. The summed E-state index contributed by atoms with van der Waals surface area (Å²) in [6.07, 6.45) is 0.796. The topological polar surface area (TPSA) is 86.7 Å². The fraction of sp³-hybridized carbons (Fsp3) is 0.786. The van der Waals surface area contributed by atoms with Crippen molar-refractivity contribution in [3.05, 3.63) is 0 Å². The smallest absolute Gasteiger partial charge is 0.303 e. The Hall–Kier alpha value is -1.59. The lowest BCUT2D eigenvalue weighted by molar-refractivity contribution is -0.139. The molecular weight excluding hydrogens is 260 g/mol. The number of carbonyl (C=O) groups is 3. The van der Waals surface area contributed by atoms with Crippen molar-refractivity contribution in [3.63, 3.8) is 0 Å². The van der Waals surface area contributed by atoms with Crippen molar-refractivity contribution < 1.29 is 19.5 Å². The van der Waals surface area contributed by atoms with E-state index < -0.39 is 17.4 Å². The fourth-order valence-corrected chi connectivity index (χ4v) is 2.20. The normalized spacial score (nSPS) is 20.6. The Morgan fingerprint density at radius 1 is 1.35 bits per heavy atom. The maximum atomic E-state index is 12.2. The van der Waals surface area contributed by atoms with Crippen LogP contribution in [-0.4, -0.2) is 46.9 Å². The van der Waals surface area contributed by atoms with Crippen molar-refractivity contribution >= 4 is 17.8 Å². The molecule has 0 aromatic carbocycles. The van der Waals surface area contributed by atoms with Gasteiger partial charge in [-0.25, -0.2) is 0 Å². The molecule has 114 valence electrons. The van der Waals surface area contributed by atoms with Gasteiger partial charge in [0.25, 0.3) is 0 Å². The summed E-state index contributed by atoms with van der Waals surface area (Å²) in [7, 11) is 0. The number of carbonyl (C=O) groups excluding carboxylic acids is 2. The van der Waals surface area contributed by atoms with E-state index in [1.54, 1.807) is 32.6 Å². The van der Waals surface area contributed by atoms with Crippen LogP contribution in [0.2, 0.25) is 0 Å². The van der Waals surface area contributed by atoms with Gasteiger partial charge in [0.1, 0.15) is 6.04 Å². The number of nitrogens with zero attached hydrogens (tertiary/aromatic N) is 1. The second-order valence-corrected chi connectivity index (χ2v) is 6.48. The molecule has 0 aromatic heterocycles. The third kappa shape index (κ3) is 4.51. The second kappa shape index (κ2) is 6.24. The van der Waals surface area contributed by atoms with Crippen LogP contribution in [0.5, 0.6) is 0 Å². The Morgan fingerprint density at radius 2 is 1.95 bits per heavy atom. The molecule has 0 spiro atoms. The van der Waals surface area contributed by atoms with Crippen LogP contribution < -0.4 is 5.32 Å². The average Bonchev–Trinajstić information content (AvgIpc) is 2.74. The van der Waals surface area contributed by atoms with Gasteiger partial charge in [0.15, 0.2) is 0 Å². The van der Waals surface area contributed by atoms with Crippen molar-refractivity contribution in [1.82, 2.24) is 10.2 Å². The molecule has 2 N–H and O–H groups in total. The standard InChI is InChI=1S/C14H24N2O4/c1-9(15-13(20)14(2,3)4)12(19)16-6-5-10(8-16)7-11(17)18/h9-10H,5-8H2,1-4H3,(H,15,20)(H,17,18). The minimum absolute atomic E-state index is 0.0157. The van der Waals surface area contributed by atoms with Gasteiger partial charge in [-0.2, -0.15) is 0 Å². The molecule has 2 amide bonds. The van der Waals surface area contributed by atoms with Crippen LogP contribution in [0.3, 0.4) is 0 Å². The van der Waals surface area contributed by atoms with Gasteiger partial charge >= 0.3 is 5.97 Å². The number of carboxylic acids is 1. The molecule has 2 unspecified atom stereocenters. The van der Waals surface area contributed by atoms with Gasteiger partial charge in [-0.15, -0.1) is 0 Å². The number of nitrogens with one attached hydrogen (secondary N) is 1. The monoisotopic (exact) mass is 284 g/mol. The Kier molecular flexibility index (Phi) is 5.14. The quantitative estimate of drug-likeness (QED) is 0.801. The number of aliphatic carboxylic acids is 1. The minimum Gasteiger partial charge on any atom is -0.481 e. The lowest BCUT2D eigenvalue weighted by atomic mass is 9.95. The number of carboxylic acid groups (broad SMARTS) is 1. The van der Waals surface area contributed by atoms with Crippen molar-refractivity contribution in [3.8, 4) is 0 Å². The summed E-state index contributed by atoms with van der Waals surface area (Å²) in [5.74, 6) is -1.13. The molecule has 6 heteroatoms. The maximum absolute atomic E-state index is 12.2. The van der Waals surface area contributed by atoms with E-state index in [4.69, 9.17) is 5.11 Å². The third-order valence-corrected chi connectivity index (χ3v) is 3.46. The number of hydrogen-bond donors (Lipinski definition) is 2. The van der Waals surface area contributed by atoms with Gasteiger partial charge in [-0.3, -0.25) is 14.4 Å². The van der Waals surface area contributed by atoms with Gasteiger partial charge in [0, 0.05) is 24.9 Å². The van der Waals surface area contributed by atoms with E-state index in [9.17, 15) is 14.4 Å². The minimum atomic E-state index is -0.835. The van der Waals surface area contributed by atoms with E-state index >= 15 is 0 Å². The van der Waals surface area contributed by atoms with E-state index in [1.807, 2.05) is 0 Å². The van der Waals surface area contributed by atoms with Gasteiger partial charge in [-0.05, 0) is 19.3 Å². The predicted octanol–water partition coefficient (Wildman–Crippen LogP) is 0.860. The second-order valence-electron chi connectivity index (χ2n) is 6.48. The van der Waals surface area contributed by atoms with Crippen LogP contribution in [-0.2, 0) is 14.4 Å². The summed E-state index contributed by atoms with van der Waals surface area (Å²) in [4.78, 5) is 36.3. The van der Waals surface area contributed by atoms with E-state index in [0.717, 1.165) is 0 Å². The molecule has 1 aliphatic rings. The van der Waals surface area contributed by atoms with E-state index in [0.29, 0.717) is 19.5 Å². The highest BCUT2D eigenvalue weighted by molar-refractivity contribution is 5.89. The summed E-state index contributed by atoms with van der Waals surface area (Å²) < 4.78 is 0. The Bertz CT molecular complexity index is 400. The molecule has 6 nitrogen and oxygen atoms in total. The molecule has 1 rings (SSSR count). The molecule has 1 heterocycles. The van der Waals surface area contributed by atoms with Crippen molar-refractivity contribution in [2.75, 3.05) is 13.1 Å². The molecule has 0 radical (unpaired) electrons. The third-order valence-electron chi connectivity index (χ3n) is 3.46. The highest BCUT2D eigenvalue weighted by Crippen LogP contribution is 2.20. The van der Waals surface area contributed by atoms with Gasteiger partial charge in [-0.1, -0.05) is 20.8 Å². The summed E-state index contributed by atoms with van der Waals surface area (Å²) in [6, 6.07) is -0.578. The van der Waals surface area contributed by atoms with Crippen LogP contribution >= 0.6 is 0 Å². The summed E-state index contributed by atoms with van der Waals surface area (Å²) >= 11 is 0. The lowest BCUT2D eigenvalue weighted by Crippen LogP contribution is -2.49. The zero-order valence-electron chi connectivity index (χ0n) is 12.6. The molecule has 1 aliphatic heterocycles. The van der Waals surface area contributed by atoms with E-state index in [2.05, 4.69) is 5.32 Å². The first-order valence-electron chi connectivity index (χ1n) is 6.93. The van der Waals surface area contributed by atoms with Crippen molar-refractivity contribution in [1.29, 1.82) is 0 Å². The van der Waals surface area contributed by atoms with Crippen molar-refractivity contribution in [2.45, 2.75) is 46.6 Å². The first-order valence-corrected chi connectivity index (χ1v) is 6.93. The van der Waals surface area contributed by atoms with Crippen LogP contribution in [0.25, 0.3) is 0 Å².